The van der Waals surface area contributed by atoms with E-state index in [0.717, 1.165) is 11.6 Å². The number of carbonyl (C=O) groups is 3. The number of sulfonamides is 1. The van der Waals surface area contributed by atoms with Gasteiger partial charge in [0.15, 0.2) is 6.61 Å². The summed E-state index contributed by atoms with van der Waals surface area (Å²) in [5, 5.41) is 2.10. The van der Waals surface area contributed by atoms with Crippen LogP contribution in [0.1, 0.15) is 26.3 Å². The zero-order valence-corrected chi connectivity index (χ0v) is 19.0. The molecule has 0 spiro atoms. The number of esters is 1. The third kappa shape index (κ3) is 6.50. The van der Waals surface area contributed by atoms with Gasteiger partial charge in [-0.05, 0) is 35.9 Å². The zero-order valence-electron chi connectivity index (χ0n) is 18.2. The maximum Gasteiger partial charge on any atom is 0.338 e. The SMILES string of the molecule is COc1ccccc1C(=O)NC(=O)COC(=O)c1cccc(S(=O)(=O)NCc2ccccc2)c1. The van der Waals surface area contributed by atoms with Crippen LogP contribution in [0.3, 0.4) is 0 Å². The smallest absolute Gasteiger partial charge is 0.338 e. The molecule has 3 aromatic carbocycles. The number of nitrogens with one attached hydrogen (secondary N) is 2. The summed E-state index contributed by atoms with van der Waals surface area (Å²) in [6, 6.07) is 20.5. The Morgan fingerprint density at radius 3 is 2.32 bits per heavy atom. The molecule has 9 nitrogen and oxygen atoms in total. The summed E-state index contributed by atoms with van der Waals surface area (Å²) in [7, 11) is -2.50. The van der Waals surface area contributed by atoms with Gasteiger partial charge in [-0.1, -0.05) is 48.5 Å². The minimum absolute atomic E-state index is 0.0635. The summed E-state index contributed by atoms with van der Waals surface area (Å²) in [4.78, 5) is 36.5. The largest absolute Gasteiger partial charge is 0.496 e. The highest BCUT2D eigenvalue weighted by Gasteiger charge is 2.19. The standard InChI is InChI=1S/C24H22N2O7S/c1-32-21-13-6-5-12-20(21)23(28)26-22(27)16-33-24(29)18-10-7-11-19(14-18)34(30,31)25-15-17-8-3-2-4-9-17/h2-14,25H,15-16H2,1H3,(H,26,27,28). The van der Waals surface area contributed by atoms with Gasteiger partial charge in [0.2, 0.25) is 10.0 Å². The van der Waals surface area contributed by atoms with Crippen LogP contribution in [0.5, 0.6) is 5.75 Å². The van der Waals surface area contributed by atoms with Gasteiger partial charge in [0.05, 0.1) is 23.1 Å². The van der Waals surface area contributed by atoms with Crippen molar-refractivity contribution in [3.05, 3.63) is 95.6 Å². The first-order valence-corrected chi connectivity index (χ1v) is 11.6. The van der Waals surface area contributed by atoms with Gasteiger partial charge in [0, 0.05) is 6.54 Å². The number of imide groups is 1. The van der Waals surface area contributed by atoms with E-state index in [0.29, 0.717) is 0 Å². The molecule has 0 aromatic heterocycles. The maximum absolute atomic E-state index is 12.6. The van der Waals surface area contributed by atoms with E-state index in [1.807, 2.05) is 6.07 Å². The Hall–Kier alpha value is -4.02. The molecule has 0 atom stereocenters. The lowest BCUT2D eigenvalue weighted by molar-refractivity contribution is -0.123. The maximum atomic E-state index is 12.6. The van der Waals surface area contributed by atoms with Gasteiger partial charge in [0.1, 0.15) is 5.75 Å². The van der Waals surface area contributed by atoms with E-state index in [2.05, 4.69) is 10.0 Å². The highest BCUT2D eigenvalue weighted by Crippen LogP contribution is 2.17. The number of hydrogen-bond acceptors (Lipinski definition) is 7. The monoisotopic (exact) mass is 482 g/mol. The first-order chi connectivity index (χ1) is 16.3. The Bertz CT molecular complexity index is 1290. The van der Waals surface area contributed by atoms with E-state index < -0.39 is 34.4 Å². The van der Waals surface area contributed by atoms with Gasteiger partial charge in [-0.2, -0.15) is 0 Å². The Morgan fingerprint density at radius 1 is 0.882 bits per heavy atom. The number of ether oxygens (including phenoxy) is 2. The molecule has 0 fully saturated rings. The molecule has 0 saturated heterocycles. The zero-order chi connectivity index (χ0) is 24.6. The van der Waals surface area contributed by atoms with Gasteiger partial charge in [0.25, 0.3) is 11.8 Å². The lowest BCUT2D eigenvalue weighted by Crippen LogP contribution is -2.34. The molecule has 0 radical (unpaired) electrons. The van der Waals surface area contributed by atoms with Crippen LogP contribution in [0.4, 0.5) is 0 Å². The van der Waals surface area contributed by atoms with Gasteiger partial charge in [-0.3, -0.25) is 14.9 Å². The Kier molecular flexibility index (Phi) is 8.12. The van der Waals surface area contributed by atoms with Crippen molar-refractivity contribution in [2.45, 2.75) is 11.4 Å². The summed E-state index contributed by atoms with van der Waals surface area (Å²) in [5.74, 6) is -2.20. The fourth-order valence-corrected chi connectivity index (χ4v) is 3.99. The van der Waals surface area contributed by atoms with Gasteiger partial charge >= 0.3 is 5.97 Å². The van der Waals surface area contributed by atoms with Crippen molar-refractivity contribution >= 4 is 27.8 Å². The lowest BCUT2D eigenvalue weighted by Gasteiger charge is -2.10. The van der Waals surface area contributed by atoms with Crippen molar-refractivity contribution in [2.24, 2.45) is 0 Å². The Labute approximate surface area is 196 Å². The van der Waals surface area contributed by atoms with Crippen LogP contribution in [0.25, 0.3) is 0 Å². The molecule has 0 unspecified atom stereocenters. The molecule has 3 aromatic rings. The predicted octanol–water partition coefficient (Wildman–Crippen LogP) is 2.29. The molecule has 0 aliphatic carbocycles. The van der Waals surface area contributed by atoms with Crippen molar-refractivity contribution in [2.75, 3.05) is 13.7 Å². The number of amides is 2. The van der Waals surface area contributed by atoms with Crippen molar-refractivity contribution in [3.63, 3.8) is 0 Å². The number of rotatable bonds is 9. The van der Waals surface area contributed by atoms with Gasteiger partial charge < -0.3 is 9.47 Å². The Morgan fingerprint density at radius 2 is 1.59 bits per heavy atom. The summed E-state index contributed by atoms with van der Waals surface area (Å²) in [5.41, 5.74) is 0.854. The minimum atomic E-state index is -3.89. The fraction of sp³-hybridized carbons (Fsp3) is 0.125. The summed E-state index contributed by atoms with van der Waals surface area (Å²) in [6.45, 7) is -0.652. The number of methoxy groups -OCH3 is 1. The van der Waals surface area contributed by atoms with Crippen LogP contribution in [0.2, 0.25) is 0 Å². The molecule has 3 rings (SSSR count). The second kappa shape index (κ2) is 11.2. The molecule has 0 heterocycles. The normalized spacial score (nSPS) is 10.9. The Balaban J connectivity index is 1.58. The first-order valence-electron chi connectivity index (χ1n) is 10.1. The van der Waals surface area contributed by atoms with Crippen LogP contribution in [-0.2, 0) is 26.1 Å². The second-order valence-corrected chi connectivity index (χ2v) is 8.76. The van der Waals surface area contributed by atoms with Gasteiger partial charge in [-0.25, -0.2) is 17.9 Å². The van der Waals surface area contributed by atoms with Crippen molar-refractivity contribution in [1.82, 2.24) is 10.0 Å². The number of carbonyl (C=O) groups excluding carboxylic acids is 3. The average Bonchev–Trinajstić information content (AvgIpc) is 2.86. The fourth-order valence-electron chi connectivity index (χ4n) is 2.92. The van der Waals surface area contributed by atoms with E-state index in [9.17, 15) is 22.8 Å². The molecular formula is C24H22N2O7S. The van der Waals surface area contributed by atoms with E-state index in [-0.39, 0.29) is 28.3 Å². The molecule has 2 N–H and O–H groups in total. The quantitative estimate of drug-likeness (QED) is 0.448. The van der Waals surface area contributed by atoms with Crippen molar-refractivity contribution in [3.8, 4) is 5.75 Å². The van der Waals surface area contributed by atoms with E-state index in [1.54, 1.807) is 42.5 Å². The third-order valence-corrected chi connectivity index (χ3v) is 6.03. The number of benzene rings is 3. The molecule has 0 aliphatic rings. The minimum Gasteiger partial charge on any atom is -0.496 e. The van der Waals surface area contributed by atoms with Crippen molar-refractivity contribution in [1.29, 1.82) is 0 Å². The van der Waals surface area contributed by atoms with Crippen LogP contribution >= 0.6 is 0 Å². The molecule has 2 amide bonds. The molecule has 10 heteroatoms. The van der Waals surface area contributed by atoms with Crippen LogP contribution in [0.15, 0.2) is 83.8 Å². The predicted molar refractivity (Wildman–Crippen MR) is 123 cm³/mol. The van der Waals surface area contributed by atoms with E-state index in [4.69, 9.17) is 9.47 Å². The lowest BCUT2D eigenvalue weighted by atomic mass is 10.2. The summed E-state index contributed by atoms with van der Waals surface area (Å²) < 4.78 is 37.6. The average molecular weight is 483 g/mol. The second-order valence-electron chi connectivity index (χ2n) is 6.99. The van der Waals surface area contributed by atoms with Crippen LogP contribution in [-0.4, -0.2) is 39.9 Å². The van der Waals surface area contributed by atoms with Crippen molar-refractivity contribution < 1.29 is 32.3 Å². The van der Waals surface area contributed by atoms with Crippen LogP contribution in [0, 0.1) is 0 Å². The first kappa shape index (κ1) is 24.6. The molecule has 176 valence electrons. The summed E-state index contributed by atoms with van der Waals surface area (Å²) >= 11 is 0. The molecule has 0 aliphatic heterocycles. The summed E-state index contributed by atoms with van der Waals surface area (Å²) in [6.07, 6.45) is 0. The molecular weight excluding hydrogens is 460 g/mol. The number of hydrogen-bond donors (Lipinski definition) is 2. The van der Waals surface area contributed by atoms with Crippen LogP contribution < -0.4 is 14.8 Å². The number of para-hydroxylation sites is 1. The van der Waals surface area contributed by atoms with E-state index >= 15 is 0 Å². The highest BCUT2D eigenvalue weighted by atomic mass is 32.2. The molecule has 34 heavy (non-hydrogen) atoms. The molecule has 0 saturated carbocycles. The third-order valence-electron chi connectivity index (χ3n) is 4.63. The molecule has 0 bridgehead atoms. The highest BCUT2D eigenvalue weighted by molar-refractivity contribution is 7.89. The van der Waals surface area contributed by atoms with E-state index in [1.165, 1.54) is 31.4 Å². The van der Waals surface area contributed by atoms with Gasteiger partial charge in [-0.15, -0.1) is 0 Å². The topological polar surface area (TPSA) is 128 Å².